The van der Waals surface area contributed by atoms with Gasteiger partial charge in [0.25, 0.3) is 5.91 Å². The quantitative estimate of drug-likeness (QED) is 0.858. The summed E-state index contributed by atoms with van der Waals surface area (Å²) in [5.41, 5.74) is 1.89. The van der Waals surface area contributed by atoms with E-state index in [1.54, 1.807) is 20.0 Å². The molecule has 0 saturated carbocycles. The second-order valence-corrected chi connectivity index (χ2v) is 7.35. The maximum atomic E-state index is 13.1. The first-order valence-electron chi connectivity index (χ1n) is 6.85. The summed E-state index contributed by atoms with van der Waals surface area (Å²) in [6, 6.07) is 7.14. The van der Waals surface area contributed by atoms with E-state index in [1.165, 1.54) is 35.4 Å². The van der Waals surface area contributed by atoms with Crippen LogP contribution in [0.25, 0.3) is 0 Å². The van der Waals surface area contributed by atoms with E-state index in [2.05, 4.69) is 4.98 Å². The topological polar surface area (TPSA) is 67.3 Å². The molecular formula is C16H17FN2O3S. The van der Waals surface area contributed by atoms with Crippen LogP contribution in [-0.2, 0) is 16.4 Å². The third-order valence-corrected chi connectivity index (χ3v) is 4.42. The summed E-state index contributed by atoms with van der Waals surface area (Å²) in [4.78, 5) is 17.6. The minimum Gasteiger partial charge on any atom is -0.337 e. The van der Waals surface area contributed by atoms with E-state index in [4.69, 9.17) is 0 Å². The average Bonchev–Trinajstić information content (AvgIpc) is 2.48. The van der Waals surface area contributed by atoms with Gasteiger partial charge in [-0.2, -0.15) is 0 Å². The lowest BCUT2D eigenvalue weighted by Crippen LogP contribution is -2.26. The van der Waals surface area contributed by atoms with E-state index in [0.717, 1.165) is 17.4 Å². The molecule has 0 aliphatic carbocycles. The Morgan fingerprint density at radius 3 is 2.48 bits per heavy atom. The number of sulfone groups is 1. The monoisotopic (exact) mass is 336 g/mol. The highest BCUT2D eigenvalue weighted by atomic mass is 32.2. The third kappa shape index (κ3) is 4.13. The maximum absolute atomic E-state index is 13.1. The number of halogens is 1. The molecule has 0 bridgehead atoms. The van der Waals surface area contributed by atoms with E-state index >= 15 is 0 Å². The normalized spacial score (nSPS) is 11.3. The number of carbonyl (C=O) groups is 1. The first-order chi connectivity index (χ1) is 10.7. The summed E-state index contributed by atoms with van der Waals surface area (Å²) in [6.45, 7) is 2.10. The highest BCUT2D eigenvalue weighted by Gasteiger charge is 2.15. The standard InChI is InChI=1S/C16H17FN2O3S/c1-11-8-14(17)6-4-13(11)10-19(2)16(20)12-5-7-15(18-9-12)23(3,21)22/h4-9H,10H2,1-3H3. The molecule has 0 unspecified atom stereocenters. The number of amides is 1. The fourth-order valence-corrected chi connectivity index (χ4v) is 2.67. The molecule has 0 spiro atoms. The summed E-state index contributed by atoms with van der Waals surface area (Å²) in [6.07, 6.45) is 2.30. The van der Waals surface area contributed by atoms with Gasteiger partial charge in [0.15, 0.2) is 14.9 Å². The number of pyridine rings is 1. The summed E-state index contributed by atoms with van der Waals surface area (Å²) in [5.74, 6) is -0.609. The van der Waals surface area contributed by atoms with Gasteiger partial charge in [-0.15, -0.1) is 0 Å². The molecule has 2 rings (SSSR count). The molecule has 1 heterocycles. The third-order valence-electron chi connectivity index (χ3n) is 3.42. The van der Waals surface area contributed by atoms with Crippen LogP contribution in [0.4, 0.5) is 4.39 Å². The van der Waals surface area contributed by atoms with E-state index in [-0.39, 0.29) is 16.8 Å². The fraction of sp³-hybridized carbons (Fsp3) is 0.250. The molecule has 5 nitrogen and oxygen atoms in total. The first-order valence-corrected chi connectivity index (χ1v) is 8.74. The second-order valence-electron chi connectivity index (χ2n) is 5.39. The van der Waals surface area contributed by atoms with Crippen LogP contribution in [-0.4, -0.2) is 37.5 Å². The van der Waals surface area contributed by atoms with Gasteiger partial charge in [-0.1, -0.05) is 6.07 Å². The molecule has 1 aromatic carbocycles. The van der Waals surface area contributed by atoms with Crippen LogP contribution in [0.5, 0.6) is 0 Å². The molecule has 1 aromatic heterocycles. The molecule has 0 aliphatic rings. The van der Waals surface area contributed by atoms with Gasteiger partial charge >= 0.3 is 0 Å². The van der Waals surface area contributed by atoms with Crippen molar-refractivity contribution in [2.75, 3.05) is 13.3 Å². The zero-order valence-corrected chi connectivity index (χ0v) is 13.9. The Bertz CT molecular complexity index is 833. The lowest BCUT2D eigenvalue weighted by Gasteiger charge is -2.18. The number of aryl methyl sites for hydroxylation is 1. The zero-order chi connectivity index (χ0) is 17.2. The van der Waals surface area contributed by atoms with Gasteiger partial charge in [0, 0.05) is 26.0 Å². The molecule has 23 heavy (non-hydrogen) atoms. The van der Waals surface area contributed by atoms with Gasteiger partial charge in [-0.3, -0.25) is 4.79 Å². The van der Waals surface area contributed by atoms with Gasteiger partial charge < -0.3 is 4.90 Å². The lowest BCUT2D eigenvalue weighted by molar-refractivity contribution is 0.0784. The predicted molar refractivity (Wildman–Crippen MR) is 84.3 cm³/mol. The highest BCUT2D eigenvalue weighted by molar-refractivity contribution is 7.90. The zero-order valence-electron chi connectivity index (χ0n) is 13.1. The summed E-state index contributed by atoms with van der Waals surface area (Å²) in [7, 11) is -1.77. The molecule has 0 aliphatic heterocycles. The summed E-state index contributed by atoms with van der Waals surface area (Å²) < 4.78 is 35.8. The average molecular weight is 336 g/mol. The Labute approximate surface area is 134 Å². The van der Waals surface area contributed by atoms with E-state index < -0.39 is 9.84 Å². The van der Waals surface area contributed by atoms with Crippen molar-refractivity contribution in [2.45, 2.75) is 18.5 Å². The molecule has 122 valence electrons. The van der Waals surface area contributed by atoms with Crippen molar-refractivity contribution < 1.29 is 17.6 Å². The van der Waals surface area contributed by atoms with E-state index in [0.29, 0.717) is 12.1 Å². The molecule has 1 amide bonds. The molecule has 0 N–H and O–H groups in total. The highest BCUT2D eigenvalue weighted by Crippen LogP contribution is 2.14. The molecule has 0 atom stereocenters. The molecule has 2 aromatic rings. The number of nitrogens with zero attached hydrogens (tertiary/aromatic N) is 2. The van der Waals surface area contributed by atoms with Crippen molar-refractivity contribution >= 4 is 15.7 Å². The van der Waals surface area contributed by atoms with Gasteiger partial charge in [0.05, 0.1) is 5.56 Å². The first kappa shape index (κ1) is 17.1. The molecule has 0 saturated heterocycles. The fourth-order valence-electron chi connectivity index (χ4n) is 2.11. The van der Waals surface area contributed by atoms with E-state index in [9.17, 15) is 17.6 Å². The number of benzene rings is 1. The van der Waals surface area contributed by atoms with Gasteiger partial charge in [0.1, 0.15) is 5.82 Å². The van der Waals surface area contributed by atoms with Gasteiger partial charge in [0.2, 0.25) is 0 Å². The van der Waals surface area contributed by atoms with Crippen molar-refractivity contribution in [3.63, 3.8) is 0 Å². The Hall–Kier alpha value is -2.28. The minimum absolute atomic E-state index is 0.0777. The molecular weight excluding hydrogens is 319 g/mol. The smallest absolute Gasteiger partial charge is 0.255 e. The van der Waals surface area contributed by atoms with Crippen LogP contribution in [0.2, 0.25) is 0 Å². The van der Waals surface area contributed by atoms with Crippen LogP contribution in [0.1, 0.15) is 21.5 Å². The van der Waals surface area contributed by atoms with Crippen LogP contribution >= 0.6 is 0 Å². The van der Waals surface area contributed by atoms with E-state index in [1.807, 2.05) is 0 Å². The Balaban J connectivity index is 2.16. The van der Waals surface area contributed by atoms with Crippen molar-refractivity contribution in [3.8, 4) is 0 Å². The second kappa shape index (κ2) is 6.45. The number of carbonyl (C=O) groups excluding carboxylic acids is 1. The Morgan fingerprint density at radius 2 is 1.96 bits per heavy atom. The molecule has 7 heteroatoms. The van der Waals surface area contributed by atoms with Gasteiger partial charge in [-0.05, 0) is 42.3 Å². The Morgan fingerprint density at radius 1 is 1.26 bits per heavy atom. The molecule has 0 fully saturated rings. The SMILES string of the molecule is Cc1cc(F)ccc1CN(C)C(=O)c1ccc(S(C)(=O)=O)nc1. The van der Waals surface area contributed by atoms with Crippen molar-refractivity contribution in [1.82, 2.24) is 9.88 Å². The number of hydrogen-bond acceptors (Lipinski definition) is 4. The maximum Gasteiger partial charge on any atom is 0.255 e. The van der Waals surface area contributed by atoms with Crippen molar-refractivity contribution in [3.05, 3.63) is 59.0 Å². The van der Waals surface area contributed by atoms with Crippen LogP contribution in [0, 0.1) is 12.7 Å². The summed E-state index contributed by atoms with van der Waals surface area (Å²) in [5, 5.41) is -0.0777. The molecule has 0 radical (unpaired) electrons. The minimum atomic E-state index is -3.40. The van der Waals surface area contributed by atoms with Crippen LogP contribution in [0.3, 0.4) is 0 Å². The van der Waals surface area contributed by atoms with Crippen molar-refractivity contribution in [2.24, 2.45) is 0 Å². The predicted octanol–water partition coefficient (Wildman–Crippen LogP) is 2.20. The summed E-state index contributed by atoms with van der Waals surface area (Å²) >= 11 is 0. The lowest BCUT2D eigenvalue weighted by atomic mass is 10.1. The number of rotatable bonds is 4. The van der Waals surface area contributed by atoms with Crippen LogP contribution in [0.15, 0.2) is 41.6 Å². The number of aromatic nitrogens is 1. The Kier molecular flexibility index (Phi) is 4.79. The largest absolute Gasteiger partial charge is 0.337 e. The van der Waals surface area contributed by atoms with Crippen LogP contribution < -0.4 is 0 Å². The number of hydrogen-bond donors (Lipinski definition) is 0. The van der Waals surface area contributed by atoms with Gasteiger partial charge in [-0.25, -0.2) is 17.8 Å². The van der Waals surface area contributed by atoms with Crippen molar-refractivity contribution in [1.29, 1.82) is 0 Å².